The minimum atomic E-state index is -0.495. The fraction of sp³-hybridized carbons (Fsp3) is 0.0625. The van der Waals surface area contributed by atoms with Crippen molar-refractivity contribution in [2.24, 2.45) is 5.10 Å². The molecule has 0 atom stereocenters. The molecular formula is C16H12ClN7O3. The molecule has 3 rings (SSSR count). The van der Waals surface area contributed by atoms with E-state index in [9.17, 15) is 14.9 Å². The van der Waals surface area contributed by atoms with Crippen LogP contribution < -0.4 is 5.43 Å². The van der Waals surface area contributed by atoms with Crippen molar-refractivity contribution in [3.63, 3.8) is 0 Å². The average Bonchev–Trinajstić information content (AvgIpc) is 3.10. The Balaban J connectivity index is 1.57. The van der Waals surface area contributed by atoms with Crippen LogP contribution in [0.1, 0.15) is 5.56 Å². The first kappa shape index (κ1) is 18.1. The van der Waals surface area contributed by atoms with E-state index < -0.39 is 10.8 Å². The largest absolute Gasteiger partial charge is 0.271 e. The quantitative estimate of drug-likeness (QED) is 0.393. The molecule has 136 valence electrons. The molecule has 0 unspecified atom stereocenters. The van der Waals surface area contributed by atoms with E-state index in [1.165, 1.54) is 30.5 Å². The lowest BCUT2D eigenvalue weighted by atomic mass is 10.2. The normalized spacial score (nSPS) is 10.9. The SMILES string of the molecule is O=C(Cn1nnc(-c2ccccc2Cl)n1)N/N=C/c1ccc([N+](=O)[O-])cc1. The zero-order valence-corrected chi connectivity index (χ0v) is 14.4. The highest BCUT2D eigenvalue weighted by Gasteiger charge is 2.11. The monoisotopic (exact) mass is 385 g/mol. The summed E-state index contributed by atoms with van der Waals surface area (Å²) in [5.41, 5.74) is 3.51. The van der Waals surface area contributed by atoms with Crippen molar-refractivity contribution in [3.8, 4) is 11.4 Å². The van der Waals surface area contributed by atoms with Gasteiger partial charge in [0.1, 0.15) is 6.54 Å². The van der Waals surface area contributed by atoms with Crippen molar-refractivity contribution >= 4 is 29.4 Å². The highest BCUT2D eigenvalue weighted by Crippen LogP contribution is 2.23. The number of carbonyl (C=O) groups is 1. The van der Waals surface area contributed by atoms with E-state index in [1.54, 1.807) is 24.3 Å². The van der Waals surface area contributed by atoms with Crippen LogP contribution in [0.5, 0.6) is 0 Å². The molecule has 10 nitrogen and oxygen atoms in total. The topological polar surface area (TPSA) is 128 Å². The van der Waals surface area contributed by atoms with Crippen molar-refractivity contribution in [3.05, 3.63) is 69.2 Å². The van der Waals surface area contributed by atoms with Gasteiger partial charge in [-0.1, -0.05) is 23.7 Å². The fourth-order valence-electron chi connectivity index (χ4n) is 2.09. The van der Waals surface area contributed by atoms with E-state index in [-0.39, 0.29) is 12.2 Å². The lowest BCUT2D eigenvalue weighted by Crippen LogP contribution is -2.24. The van der Waals surface area contributed by atoms with E-state index in [0.29, 0.717) is 22.0 Å². The molecule has 1 heterocycles. The molecule has 1 N–H and O–H groups in total. The first-order chi connectivity index (χ1) is 13.0. The van der Waals surface area contributed by atoms with Crippen molar-refractivity contribution in [2.75, 3.05) is 0 Å². The van der Waals surface area contributed by atoms with E-state index in [1.807, 2.05) is 0 Å². The number of hydrogen-bond donors (Lipinski definition) is 1. The van der Waals surface area contributed by atoms with Gasteiger partial charge < -0.3 is 0 Å². The van der Waals surface area contributed by atoms with Gasteiger partial charge in [0.25, 0.3) is 11.6 Å². The lowest BCUT2D eigenvalue weighted by molar-refractivity contribution is -0.384. The molecule has 3 aromatic rings. The molecule has 0 saturated heterocycles. The molecule has 0 aliphatic carbocycles. The number of halogens is 1. The number of rotatable bonds is 6. The second kappa shape index (κ2) is 8.15. The number of hydrazone groups is 1. The average molecular weight is 386 g/mol. The minimum Gasteiger partial charge on any atom is -0.271 e. The van der Waals surface area contributed by atoms with Gasteiger partial charge in [-0.15, -0.1) is 10.2 Å². The minimum absolute atomic E-state index is 0.0252. The number of carbonyl (C=O) groups excluding carboxylic acids is 1. The van der Waals surface area contributed by atoms with Crippen molar-refractivity contribution < 1.29 is 9.72 Å². The maximum absolute atomic E-state index is 11.9. The van der Waals surface area contributed by atoms with Crippen LogP contribution in [0.2, 0.25) is 5.02 Å². The molecule has 2 aromatic carbocycles. The Hall–Kier alpha value is -3.66. The van der Waals surface area contributed by atoms with E-state index in [4.69, 9.17) is 11.6 Å². The number of hydrogen-bond acceptors (Lipinski definition) is 7. The second-order valence-electron chi connectivity index (χ2n) is 5.27. The van der Waals surface area contributed by atoms with Gasteiger partial charge in [-0.05, 0) is 35.0 Å². The highest BCUT2D eigenvalue weighted by molar-refractivity contribution is 6.33. The van der Waals surface area contributed by atoms with Gasteiger partial charge >= 0.3 is 0 Å². The first-order valence-corrected chi connectivity index (χ1v) is 8.00. The van der Waals surface area contributed by atoms with Crippen LogP contribution in [0.15, 0.2) is 53.6 Å². The fourth-order valence-corrected chi connectivity index (χ4v) is 2.31. The third kappa shape index (κ3) is 4.70. The molecule has 0 fully saturated rings. The number of tetrazole rings is 1. The van der Waals surface area contributed by atoms with Crippen LogP contribution in [-0.4, -0.2) is 37.3 Å². The third-order valence-electron chi connectivity index (χ3n) is 3.36. The van der Waals surface area contributed by atoms with Crippen LogP contribution in [-0.2, 0) is 11.3 Å². The maximum Gasteiger partial charge on any atom is 0.269 e. The number of nitro groups is 1. The van der Waals surface area contributed by atoms with Crippen LogP contribution >= 0.6 is 11.6 Å². The van der Waals surface area contributed by atoms with Gasteiger partial charge in [0.15, 0.2) is 0 Å². The van der Waals surface area contributed by atoms with Crippen molar-refractivity contribution in [2.45, 2.75) is 6.54 Å². The summed E-state index contributed by atoms with van der Waals surface area (Å²) in [4.78, 5) is 23.1. The van der Waals surface area contributed by atoms with Gasteiger partial charge in [-0.25, -0.2) is 5.43 Å². The predicted molar refractivity (Wildman–Crippen MR) is 97.1 cm³/mol. The molecule has 1 amide bonds. The summed E-state index contributed by atoms with van der Waals surface area (Å²) in [5, 5.41) is 26.6. The Bertz CT molecular complexity index is 1000. The Morgan fingerprint density at radius 1 is 1.26 bits per heavy atom. The molecular weight excluding hydrogens is 374 g/mol. The van der Waals surface area contributed by atoms with Crippen molar-refractivity contribution in [1.82, 2.24) is 25.6 Å². The number of amides is 1. The molecule has 1 aromatic heterocycles. The molecule has 0 radical (unpaired) electrons. The van der Waals surface area contributed by atoms with Gasteiger partial charge in [-0.3, -0.25) is 14.9 Å². The number of nitrogens with zero attached hydrogens (tertiary/aromatic N) is 6. The zero-order valence-electron chi connectivity index (χ0n) is 13.7. The third-order valence-corrected chi connectivity index (χ3v) is 3.69. The molecule has 0 bridgehead atoms. The van der Waals surface area contributed by atoms with Crippen LogP contribution in [0.4, 0.5) is 5.69 Å². The summed E-state index contributed by atoms with van der Waals surface area (Å²) < 4.78 is 0. The smallest absolute Gasteiger partial charge is 0.269 e. The molecule has 0 spiro atoms. The number of aromatic nitrogens is 4. The summed E-state index contributed by atoms with van der Waals surface area (Å²) in [6, 6.07) is 12.8. The molecule has 0 aliphatic rings. The summed E-state index contributed by atoms with van der Waals surface area (Å²) in [7, 11) is 0. The maximum atomic E-state index is 11.9. The second-order valence-corrected chi connectivity index (χ2v) is 5.67. The number of nitro benzene ring substituents is 1. The van der Waals surface area contributed by atoms with Gasteiger partial charge in [0.2, 0.25) is 5.82 Å². The number of non-ortho nitro benzene ring substituents is 1. The number of nitrogens with one attached hydrogen (secondary N) is 1. The van der Waals surface area contributed by atoms with Gasteiger partial charge in [-0.2, -0.15) is 9.90 Å². The summed E-state index contributed by atoms with van der Waals surface area (Å²) in [6.07, 6.45) is 1.37. The highest BCUT2D eigenvalue weighted by atomic mass is 35.5. The van der Waals surface area contributed by atoms with E-state index in [0.717, 1.165) is 4.80 Å². The predicted octanol–water partition coefficient (Wildman–Crippen LogP) is 2.05. The molecule has 27 heavy (non-hydrogen) atoms. The van der Waals surface area contributed by atoms with Crippen molar-refractivity contribution in [1.29, 1.82) is 0 Å². The Morgan fingerprint density at radius 3 is 2.70 bits per heavy atom. The summed E-state index contributed by atoms with van der Waals surface area (Å²) in [6.45, 7) is -0.185. The zero-order chi connectivity index (χ0) is 19.2. The van der Waals surface area contributed by atoms with Crippen LogP contribution in [0.3, 0.4) is 0 Å². The summed E-state index contributed by atoms with van der Waals surface area (Å²) >= 11 is 6.07. The Labute approximate surface area is 157 Å². The standard InChI is InChI=1S/C16H12ClN7O3/c17-14-4-2-1-3-13(14)16-20-22-23(21-16)10-15(25)19-18-9-11-5-7-12(8-6-11)24(26)27/h1-9H,10H2,(H,19,25)/b18-9+. The van der Waals surface area contributed by atoms with Gasteiger partial charge in [0, 0.05) is 17.7 Å². The van der Waals surface area contributed by atoms with Crippen LogP contribution in [0, 0.1) is 10.1 Å². The number of benzene rings is 2. The lowest BCUT2D eigenvalue weighted by Gasteiger charge is -1.99. The van der Waals surface area contributed by atoms with E-state index >= 15 is 0 Å². The Kier molecular flexibility index (Phi) is 5.47. The molecule has 11 heteroatoms. The molecule has 0 saturated carbocycles. The molecule has 0 aliphatic heterocycles. The summed E-state index contributed by atoms with van der Waals surface area (Å²) in [5.74, 6) is -0.154. The van der Waals surface area contributed by atoms with E-state index in [2.05, 4.69) is 25.9 Å². The first-order valence-electron chi connectivity index (χ1n) is 7.62. The van der Waals surface area contributed by atoms with Crippen LogP contribution in [0.25, 0.3) is 11.4 Å². The Morgan fingerprint density at radius 2 is 2.00 bits per heavy atom. The van der Waals surface area contributed by atoms with Gasteiger partial charge in [0.05, 0.1) is 16.2 Å².